The van der Waals surface area contributed by atoms with Crippen molar-refractivity contribution in [1.82, 2.24) is 0 Å². The van der Waals surface area contributed by atoms with Crippen LogP contribution in [-0.2, 0) is 19.7 Å². The van der Waals surface area contributed by atoms with Gasteiger partial charge in [0.05, 0.1) is 14.2 Å². The van der Waals surface area contributed by atoms with E-state index in [1.54, 1.807) is 35.5 Å². The highest BCUT2D eigenvalue weighted by molar-refractivity contribution is 6.60. The number of aryl methyl sites for hydroxylation is 1. The van der Waals surface area contributed by atoms with E-state index in [2.05, 4.69) is 0 Å². The number of benzene rings is 1. The van der Waals surface area contributed by atoms with Crippen LogP contribution in [-0.4, -0.2) is 44.4 Å². The van der Waals surface area contributed by atoms with Crippen molar-refractivity contribution in [2.45, 2.75) is 19.4 Å². The molecule has 0 aliphatic heterocycles. The zero-order chi connectivity index (χ0) is 15.2. The van der Waals surface area contributed by atoms with Gasteiger partial charge in [0.1, 0.15) is 11.5 Å². The van der Waals surface area contributed by atoms with E-state index < -0.39 is 8.80 Å². The van der Waals surface area contributed by atoms with Gasteiger partial charge in [-0.05, 0) is 25.0 Å². The monoisotopic (exact) mass is 300 g/mol. The van der Waals surface area contributed by atoms with Crippen LogP contribution in [0.3, 0.4) is 0 Å². The van der Waals surface area contributed by atoms with Gasteiger partial charge in [0.2, 0.25) is 0 Å². The maximum atomic E-state index is 5.50. The first-order chi connectivity index (χ1) is 9.57. The first-order valence-corrected chi connectivity index (χ1v) is 8.36. The molecule has 0 amide bonds. The van der Waals surface area contributed by atoms with Gasteiger partial charge in [-0.3, -0.25) is 0 Å². The van der Waals surface area contributed by atoms with Gasteiger partial charge < -0.3 is 22.8 Å². The third kappa shape index (κ3) is 3.52. The average Bonchev–Trinajstić information content (AvgIpc) is 2.49. The van der Waals surface area contributed by atoms with E-state index in [0.717, 1.165) is 29.0 Å². The van der Waals surface area contributed by atoms with Crippen molar-refractivity contribution in [2.24, 2.45) is 0 Å². The van der Waals surface area contributed by atoms with Gasteiger partial charge >= 0.3 is 8.80 Å². The second-order valence-corrected chi connectivity index (χ2v) is 7.47. The molecular formula is C14H24O5Si. The Bertz CT molecular complexity index is 424. The van der Waals surface area contributed by atoms with Crippen LogP contribution >= 0.6 is 0 Å². The summed E-state index contributed by atoms with van der Waals surface area (Å²) in [7, 11) is 5.62. The van der Waals surface area contributed by atoms with Crippen LogP contribution in [0.15, 0.2) is 12.1 Å². The first kappa shape index (κ1) is 17.0. The Labute approximate surface area is 122 Å². The maximum Gasteiger partial charge on any atom is 0.500 e. The Hall–Kier alpha value is -1.08. The molecule has 6 heteroatoms. The van der Waals surface area contributed by atoms with Gasteiger partial charge in [0, 0.05) is 32.9 Å². The summed E-state index contributed by atoms with van der Waals surface area (Å²) in [4.78, 5) is 0. The Balaban J connectivity index is 2.95. The maximum absolute atomic E-state index is 5.50. The standard InChI is InChI=1S/C14H24O5Si/c1-11-13(15-2)8-7-12(14(11)16-3)9-10-20(17-4,18-5)19-6/h7-8H,9-10H2,1-6H3. The summed E-state index contributed by atoms with van der Waals surface area (Å²) in [5.41, 5.74) is 2.08. The lowest BCUT2D eigenvalue weighted by molar-refractivity contribution is 0.123. The van der Waals surface area contributed by atoms with E-state index in [9.17, 15) is 0 Å². The van der Waals surface area contributed by atoms with E-state index >= 15 is 0 Å². The summed E-state index contributed by atoms with van der Waals surface area (Å²) >= 11 is 0. The fourth-order valence-electron chi connectivity index (χ4n) is 2.28. The van der Waals surface area contributed by atoms with Crippen LogP contribution in [0.1, 0.15) is 11.1 Å². The zero-order valence-corrected chi connectivity index (χ0v) is 14.1. The van der Waals surface area contributed by atoms with E-state index in [4.69, 9.17) is 22.8 Å². The molecule has 0 fully saturated rings. The van der Waals surface area contributed by atoms with Crippen LogP contribution in [0, 0.1) is 6.92 Å². The van der Waals surface area contributed by atoms with Gasteiger partial charge in [0.25, 0.3) is 0 Å². The van der Waals surface area contributed by atoms with Crippen molar-refractivity contribution in [3.63, 3.8) is 0 Å². The van der Waals surface area contributed by atoms with Gasteiger partial charge in [-0.2, -0.15) is 0 Å². The predicted octanol–water partition coefficient (Wildman–Crippen LogP) is 2.43. The fraction of sp³-hybridized carbons (Fsp3) is 0.571. The molecule has 0 spiro atoms. The van der Waals surface area contributed by atoms with Crippen LogP contribution in [0.4, 0.5) is 0 Å². The topological polar surface area (TPSA) is 46.2 Å². The number of hydrogen-bond donors (Lipinski definition) is 0. The van der Waals surface area contributed by atoms with Crippen LogP contribution < -0.4 is 9.47 Å². The van der Waals surface area contributed by atoms with Gasteiger partial charge in [-0.15, -0.1) is 0 Å². The molecule has 5 nitrogen and oxygen atoms in total. The van der Waals surface area contributed by atoms with Crippen molar-refractivity contribution in [3.8, 4) is 11.5 Å². The Morgan fingerprint density at radius 1 is 0.900 bits per heavy atom. The molecule has 0 aliphatic carbocycles. The van der Waals surface area contributed by atoms with E-state index in [1.165, 1.54) is 0 Å². The molecule has 1 aromatic carbocycles. The van der Waals surface area contributed by atoms with E-state index in [-0.39, 0.29) is 0 Å². The lowest BCUT2D eigenvalue weighted by atomic mass is 10.1. The quantitative estimate of drug-likeness (QED) is 0.690. The third-order valence-electron chi connectivity index (χ3n) is 3.50. The molecule has 0 atom stereocenters. The second-order valence-electron chi connectivity index (χ2n) is 4.38. The molecule has 0 unspecified atom stereocenters. The van der Waals surface area contributed by atoms with Crippen LogP contribution in [0.5, 0.6) is 11.5 Å². The fourth-order valence-corrected chi connectivity index (χ4v) is 3.96. The van der Waals surface area contributed by atoms with Crippen molar-refractivity contribution in [3.05, 3.63) is 23.3 Å². The lowest BCUT2D eigenvalue weighted by Gasteiger charge is -2.24. The van der Waals surface area contributed by atoms with Crippen molar-refractivity contribution < 1.29 is 22.8 Å². The van der Waals surface area contributed by atoms with Crippen molar-refractivity contribution in [1.29, 1.82) is 0 Å². The zero-order valence-electron chi connectivity index (χ0n) is 13.1. The molecule has 114 valence electrons. The van der Waals surface area contributed by atoms with E-state index in [1.807, 2.05) is 19.1 Å². The smallest absolute Gasteiger partial charge is 0.496 e. The van der Waals surface area contributed by atoms with Crippen LogP contribution in [0.25, 0.3) is 0 Å². The highest BCUT2D eigenvalue weighted by Crippen LogP contribution is 2.33. The number of methoxy groups -OCH3 is 2. The Kier molecular flexibility index (Phi) is 6.48. The molecule has 0 radical (unpaired) electrons. The third-order valence-corrected chi connectivity index (χ3v) is 6.22. The summed E-state index contributed by atoms with van der Waals surface area (Å²) in [6.07, 6.45) is 0.760. The van der Waals surface area contributed by atoms with Gasteiger partial charge in [-0.1, -0.05) is 6.07 Å². The molecule has 0 saturated heterocycles. The minimum absolute atomic E-state index is 0.693. The van der Waals surface area contributed by atoms with E-state index in [0.29, 0.717) is 6.04 Å². The highest BCUT2D eigenvalue weighted by Gasteiger charge is 2.37. The average molecular weight is 300 g/mol. The molecule has 20 heavy (non-hydrogen) atoms. The number of ether oxygens (including phenoxy) is 2. The van der Waals surface area contributed by atoms with Crippen molar-refractivity contribution >= 4 is 8.80 Å². The summed E-state index contributed by atoms with van der Waals surface area (Å²) in [6.45, 7) is 1.98. The molecule has 0 aromatic heterocycles. The molecule has 0 bridgehead atoms. The molecular weight excluding hydrogens is 276 g/mol. The summed E-state index contributed by atoms with van der Waals surface area (Å²) < 4.78 is 27.1. The second kappa shape index (κ2) is 7.63. The number of hydrogen-bond acceptors (Lipinski definition) is 5. The molecule has 1 aromatic rings. The Morgan fingerprint density at radius 3 is 1.95 bits per heavy atom. The SMILES string of the molecule is COc1ccc(CC[Si](OC)(OC)OC)c(OC)c1C. The molecule has 0 saturated carbocycles. The predicted molar refractivity (Wildman–Crippen MR) is 79.6 cm³/mol. The molecule has 0 N–H and O–H groups in total. The summed E-state index contributed by atoms with van der Waals surface area (Å²) in [5, 5.41) is 0. The molecule has 1 rings (SSSR count). The normalized spacial score (nSPS) is 11.5. The largest absolute Gasteiger partial charge is 0.500 e. The molecule has 0 aliphatic rings. The van der Waals surface area contributed by atoms with Gasteiger partial charge in [0.15, 0.2) is 0 Å². The van der Waals surface area contributed by atoms with Crippen LogP contribution in [0.2, 0.25) is 6.04 Å². The summed E-state index contributed by atoms with van der Waals surface area (Å²) in [6, 6.07) is 4.65. The Morgan fingerprint density at radius 2 is 1.50 bits per heavy atom. The summed E-state index contributed by atoms with van der Waals surface area (Å²) in [5.74, 6) is 1.66. The minimum Gasteiger partial charge on any atom is -0.496 e. The first-order valence-electron chi connectivity index (χ1n) is 6.43. The van der Waals surface area contributed by atoms with Crippen molar-refractivity contribution in [2.75, 3.05) is 35.5 Å². The molecule has 0 heterocycles. The highest BCUT2D eigenvalue weighted by atomic mass is 28.4. The lowest BCUT2D eigenvalue weighted by Crippen LogP contribution is -2.43. The van der Waals surface area contributed by atoms with Gasteiger partial charge in [-0.25, -0.2) is 0 Å². The number of rotatable bonds is 8. The minimum atomic E-state index is -2.56.